The van der Waals surface area contributed by atoms with E-state index in [1.54, 1.807) is 6.07 Å². The minimum Gasteiger partial charge on any atom is -0.462 e. The van der Waals surface area contributed by atoms with Crippen LogP contribution in [0.15, 0.2) is 66.8 Å². The van der Waals surface area contributed by atoms with Crippen molar-refractivity contribution in [3.8, 4) is 11.1 Å². The lowest BCUT2D eigenvalue weighted by Gasteiger charge is -2.33. The molecule has 1 unspecified atom stereocenters. The number of carbonyl (C=O) groups is 2. The lowest BCUT2D eigenvalue weighted by atomic mass is 9.74. The largest absolute Gasteiger partial charge is 0.462 e. The first-order valence-corrected chi connectivity index (χ1v) is 17.9. The minimum atomic E-state index is -0.655. The molecular formula is C41H55FO6. The molecule has 0 aromatic heterocycles. The van der Waals surface area contributed by atoms with E-state index in [4.69, 9.17) is 14.2 Å². The summed E-state index contributed by atoms with van der Waals surface area (Å²) in [6.07, 6.45) is 13.7. The van der Waals surface area contributed by atoms with E-state index in [0.29, 0.717) is 17.4 Å². The van der Waals surface area contributed by atoms with Crippen LogP contribution in [0.3, 0.4) is 0 Å². The Morgan fingerprint density at radius 3 is 2.00 bits per heavy atom. The SMILES string of the molecule is C=C(CO)C(=O)OCC(COC(=O)C(=C)COC)C1CCC(c2ccc(-c3ccc(C4CCC(CCCCC)CC4)cc3F)cc2)CC1. The zero-order valence-corrected chi connectivity index (χ0v) is 29.0. The topological polar surface area (TPSA) is 82.1 Å². The van der Waals surface area contributed by atoms with Gasteiger partial charge in [-0.1, -0.05) is 82.2 Å². The quantitative estimate of drug-likeness (QED) is 0.103. The summed E-state index contributed by atoms with van der Waals surface area (Å²) >= 11 is 0. The van der Waals surface area contributed by atoms with Crippen LogP contribution < -0.4 is 0 Å². The third-order valence-corrected chi connectivity index (χ3v) is 10.6. The van der Waals surface area contributed by atoms with Crippen molar-refractivity contribution in [3.63, 3.8) is 0 Å². The van der Waals surface area contributed by atoms with Crippen molar-refractivity contribution in [1.29, 1.82) is 0 Å². The number of ether oxygens (including phenoxy) is 3. The highest BCUT2D eigenvalue weighted by Gasteiger charge is 2.31. The molecule has 1 atom stereocenters. The van der Waals surface area contributed by atoms with Crippen molar-refractivity contribution >= 4 is 11.9 Å². The molecule has 2 aromatic carbocycles. The van der Waals surface area contributed by atoms with Gasteiger partial charge in [-0.05, 0) is 97.8 Å². The highest BCUT2D eigenvalue weighted by molar-refractivity contribution is 5.88. The number of halogens is 1. The molecule has 2 aliphatic rings. The second kappa shape index (κ2) is 19.0. The van der Waals surface area contributed by atoms with E-state index in [1.165, 1.54) is 51.2 Å². The highest BCUT2D eigenvalue weighted by Crippen LogP contribution is 2.41. The van der Waals surface area contributed by atoms with Crippen LogP contribution in [0.5, 0.6) is 0 Å². The van der Waals surface area contributed by atoms with Gasteiger partial charge in [-0.2, -0.15) is 0 Å². The number of hydrogen-bond donors (Lipinski definition) is 1. The molecule has 0 spiro atoms. The van der Waals surface area contributed by atoms with Crippen LogP contribution in [0.2, 0.25) is 0 Å². The van der Waals surface area contributed by atoms with Gasteiger partial charge in [0.1, 0.15) is 5.82 Å². The van der Waals surface area contributed by atoms with Crippen LogP contribution in [0.1, 0.15) is 107 Å². The molecule has 0 amide bonds. The van der Waals surface area contributed by atoms with Crippen molar-refractivity contribution < 1.29 is 33.3 Å². The molecule has 2 aliphatic carbocycles. The average molecular weight is 663 g/mol. The Hall–Kier alpha value is -3.29. The molecule has 0 saturated heterocycles. The standard InChI is InChI=1S/C41H55FO6/c1-5-6-7-8-30-9-11-33(12-10-30)36-21-22-38(39(42)23-36)35-19-17-32(18-20-35)31-13-15-34(16-14-31)37(26-47-40(44)28(2)24-43)27-48-41(45)29(3)25-46-4/h17-23,30-31,33-34,37,43H,2-3,5-16,24-27H2,1,4H3. The summed E-state index contributed by atoms with van der Waals surface area (Å²) < 4.78 is 31.3. The molecule has 0 radical (unpaired) electrons. The van der Waals surface area contributed by atoms with Gasteiger partial charge in [0.15, 0.2) is 0 Å². The molecule has 2 aromatic rings. The number of aliphatic hydroxyl groups is 1. The van der Waals surface area contributed by atoms with Crippen molar-refractivity contribution in [3.05, 3.63) is 83.7 Å². The van der Waals surface area contributed by atoms with E-state index < -0.39 is 18.5 Å². The van der Waals surface area contributed by atoms with Crippen molar-refractivity contribution in [1.82, 2.24) is 0 Å². The van der Waals surface area contributed by atoms with E-state index in [-0.39, 0.29) is 48.6 Å². The number of unbranched alkanes of at least 4 members (excludes halogenated alkanes) is 2. The summed E-state index contributed by atoms with van der Waals surface area (Å²) in [6, 6.07) is 14.2. The van der Waals surface area contributed by atoms with Crippen LogP contribution >= 0.6 is 0 Å². The van der Waals surface area contributed by atoms with Crippen molar-refractivity contribution in [2.24, 2.45) is 17.8 Å². The minimum absolute atomic E-state index is 0.0161. The Balaban J connectivity index is 1.32. The maximum atomic E-state index is 15.4. The van der Waals surface area contributed by atoms with Crippen LogP contribution in [0, 0.1) is 23.6 Å². The van der Waals surface area contributed by atoms with Gasteiger partial charge < -0.3 is 19.3 Å². The second-order valence-corrected chi connectivity index (χ2v) is 13.9. The average Bonchev–Trinajstić information content (AvgIpc) is 3.11. The Kier molecular flexibility index (Phi) is 14.9. The predicted octanol–water partition coefficient (Wildman–Crippen LogP) is 9.07. The summed E-state index contributed by atoms with van der Waals surface area (Å²) in [5.74, 6) is 0.310. The molecule has 2 saturated carbocycles. The van der Waals surface area contributed by atoms with Crippen molar-refractivity contribution in [2.75, 3.05) is 33.5 Å². The molecular weight excluding hydrogens is 607 g/mol. The van der Waals surface area contributed by atoms with Gasteiger partial charge in [-0.15, -0.1) is 0 Å². The molecule has 262 valence electrons. The van der Waals surface area contributed by atoms with Gasteiger partial charge in [-0.25, -0.2) is 14.0 Å². The highest BCUT2D eigenvalue weighted by atomic mass is 19.1. The summed E-state index contributed by atoms with van der Waals surface area (Å²) in [6.45, 7) is 9.26. The lowest BCUT2D eigenvalue weighted by molar-refractivity contribution is -0.146. The van der Waals surface area contributed by atoms with Gasteiger partial charge in [0.2, 0.25) is 0 Å². The summed E-state index contributed by atoms with van der Waals surface area (Å²) in [5.41, 5.74) is 4.11. The molecule has 6 nitrogen and oxygen atoms in total. The number of esters is 2. The van der Waals surface area contributed by atoms with Gasteiger partial charge in [-0.3, -0.25) is 0 Å². The monoisotopic (exact) mass is 662 g/mol. The molecule has 0 bridgehead atoms. The van der Waals surface area contributed by atoms with Crippen LogP contribution in [-0.2, 0) is 23.8 Å². The first-order chi connectivity index (χ1) is 23.2. The second-order valence-electron chi connectivity index (χ2n) is 13.9. The molecule has 48 heavy (non-hydrogen) atoms. The Morgan fingerprint density at radius 2 is 1.42 bits per heavy atom. The molecule has 7 heteroatoms. The molecule has 4 rings (SSSR count). The van der Waals surface area contributed by atoms with E-state index in [1.807, 2.05) is 18.2 Å². The fourth-order valence-corrected chi connectivity index (χ4v) is 7.53. The zero-order valence-electron chi connectivity index (χ0n) is 29.0. The third kappa shape index (κ3) is 10.6. The number of aliphatic hydroxyl groups excluding tert-OH is 1. The zero-order chi connectivity index (χ0) is 34.5. The van der Waals surface area contributed by atoms with Crippen molar-refractivity contribution in [2.45, 2.75) is 95.8 Å². The summed E-state index contributed by atoms with van der Waals surface area (Å²) in [4.78, 5) is 24.5. The Bertz CT molecular complexity index is 1350. The van der Waals surface area contributed by atoms with Gasteiger partial charge in [0.05, 0.1) is 37.6 Å². The third-order valence-electron chi connectivity index (χ3n) is 10.6. The first kappa shape index (κ1) is 37.5. The van der Waals surface area contributed by atoms with Crippen LogP contribution in [-0.4, -0.2) is 50.6 Å². The van der Waals surface area contributed by atoms with E-state index in [0.717, 1.165) is 55.6 Å². The van der Waals surface area contributed by atoms with Gasteiger partial charge in [0.25, 0.3) is 0 Å². The predicted molar refractivity (Wildman–Crippen MR) is 188 cm³/mol. The molecule has 0 heterocycles. The molecule has 1 N–H and O–H groups in total. The van der Waals surface area contributed by atoms with Gasteiger partial charge in [0, 0.05) is 18.6 Å². The smallest absolute Gasteiger partial charge is 0.335 e. The number of carbonyl (C=O) groups excluding carboxylic acids is 2. The van der Waals surface area contributed by atoms with Crippen LogP contribution in [0.4, 0.5) is 4.39 Å². The number of hydrogen-bond acceptors (Lipinski definition) is 6. The number of benzene rings is 2. The summed E-state index contributed by atoms with van der Waals surface area (Å²) in [7, 11) is 1.48. The number of rotatable bonds is 17. The molecule has 0 aliphatic heterocycles. The molecule has 2 fully saturated rings. The maximum Gasteiger partial charge on any atom is 0.335 e. The van der Waals surface area contributed by atoms with Crippen LogP contribution in [0.25, 0.3) is 11.1 Å². The summed E-state index contributed by atoms with van der Waals surface area (Å²) in [5, 5.41) is 9.22. The number of methoxy groups -OCH3 is 1. The Morgan fingerprint density at radius 1 is 0.833 bits per heavy atom. The van der Waals surface area contributed by atoms with E-state index in [9.17, 15) is 14.7 Å². The normalized spacial score (nSPS) is 21.7. The first-order valence-electron chi connectivity index (χ1n) is 17.9. The van der Waals surface area contributed by atoms with Gasteiger partial charge >= 0.3 is 11.9 Å². The van der Waals surface area contributed by atoms with E-state index in [2.05, 4.69) is 38.3 Å². The fourth-order valence-electron chi connectivity index (χ4n) is 7.53. The Labute approximate surface area is 286 Å². The fraction of sp³-hybridized carbons (Fsp3) is 0.561. The van der Waals surface area contributed by atoms with E-state index >= 15 is 4.39 Å². The lowest BCUT2D eigenvalue weighted by Crippen LogP contribution is -2.31. The maximum absolute atomic E-state index is 15.4.